The Balaban J connectivity index is 1.39. The summed E-state index contributed by atoms with van der Waals surface area (Å²) in [6.07, 6.45) is 2.40. The molecule has 1 aromatic carbocycles. The van der Waals surface area contributed by atoms with E-state index in [1.807, 2.05) is 11.8 Å². The molecule has 0 radical (unpaired) electrons. The number of amides is 1. The third kappa shape index (κ3) is 4.42. The van der Waals surface area contributed by atoms with Gasteiger partial charge in [-0.25, -0.2) is 9.97 Å². The molecule has 2 aromatic heterocycles. The van der Waals surface area contributed by atoms with Crippen molar-refractivity contribution in [2.24, 2.45) is 0 Å². The van der Waals surface area contributed by atoms with Gasteiger partial charge in [-0.3, -0.25) is 4.79 Å². The highest BCUT2D eigenvalue weighted by Gasteiger charge is 2.24. The molecule has 0 saturated carbocycles. The fraction of sp³-hybridized carbons (Fsp3) is 0.435. The van der Waals surface area contributed by atoms with Crippen LogP contribution in [0.5, 0.6) is 0 Å². The van der Waals surface area contributed by atoms with Gasteiger partial charge in [0.1, 0.15) is 16.5 Å². The number of hydrogen-bond donors (Lipinski definition) is 0. The number of benzene rings is 1. The van der Waals surface area contributed by atoms with Gasteiger partial charge in [-0.2, -0.15) is 0 Å². The summed E-state index contributed by atoms with van der Waals surface area (Å²) in [7, 11) is 0. The Morgan fingerprint density at radius 1 is 1.07 bits per heavy atom. The lowest BCUT2D eigenvalue weighted by Gasteiger charge is -2.35. The highest BCUT2D eigenvalue weighted by molar-refractivity contribution is 7.18. The van der Waals surface area contributed by atoms with Crippen LogP contribution in [0.1, 0.15) is 35.2 Å². The lowest BCUT2D eigenvalue weighted by molar-refractivity contribution is -0.131. The number of thiophene rings is 1. The maximum Gasteiger partial charge on any atom is 0.223 e. The van der Waals surface area contributed by atoms with Crippen LogP contribution in [0, 0.1) is 13.8 Å². The average Bonchev–Trinajstić information content (AvgIpc) is 3.15. The van der Waals surface area contributed by atoms with Crippen LogP contribution in [-0.4, -0.2) is 47.0 Å². The summed E-state index contributed by atoms with van der Waals surface area (Å²) < 4.78 is 0. The van der Waals surface area contributed by atoms with Crippen molar-refractivity contribution in [2.75, 3.05) is 31.1 Å². The average molecular weight is 409 g/mol. The predicted octanol–water partition coefficient (Wildman–Crippen LogP) is 4.15. The SMILES string of the molecule is CCc1cc2c(N3CCN(C(=O)CCc4ccc(C)cc4)CC3)nc(C)nc2s1. The largest absolute Gasteiger partial charge is 0.352 e. The number of aromatic nitrogens is 2. The van der Waals surface area contributed by atoms with Crippen molar-refractivity contribution >= 4 is 33.3 Å². The summed E-state index contributed by atoms with van der Waals surface area (Å²) >= 11 is 1.76. The van der Waals surface area contributed by atoms with Crippen LogP contribution < -0.4 is 4.90 Å². The van der Waals surface area contributed by atoms with Gasteiger partial charge in [0.15, 0.2) is 0 Å². The van der Waals surface area contributed by atoms with Gasteiger partial charge >= 0.3 is 0 Å². The van der Waals surface area contributed by atoms with Crippen molar-refractivity contribution < 1.29 is 4.79 Å². The number of rotatable bonds is 5. The van der Waals surface area contributed by atoms with Crippen molar-refractivity contribution in [3.8, 4) is 0 Å². The Kier molecular flexibility index (Phi) is 5.81. The number of aryl methyl sites for hydroxylation is 4. The zero-order chi connectivity index (χ0) is 20.4. The lowest BCUT2D eigenvalue weighted by Crippen LogP contribution is -2.49. The van der Waals surface area contributed by atoms with E-state index in [1.165, 1.54) is 16.0 Å². The molecule has 1 fully saturated rings. The van der Waals surface area contributed by atoms with Crippen LogP contribution in [0.25, 0.3) is 10.2 Å². The second-order valence-corrected chi connectivity index (χ2v) is 8.85. The van der Waals surface area contributed by atoms with Gasteiger partial charge < -0.3 is 9.80 Å². The molecule has 152 valence electrons. The Bertz CT molecular complexity index is 1000. The van der Waals surface area contributed by atoms with E-state index in [9.17, 15) is 4.79 Å². The van der Waals surface area contributed by atoms with E-state index >= 15 is 0 Å². The molecule has 1 amide bonds. The molecule has 0 spiro atoms. The fourth-order valence-corrected chi connectivity index (χ4v) is 4.81. The summed E-state index contributed by atoms with van der Waals surface area (Å²) in [5.74, 6) is 2.09. The molecule has 29 heavy (non-hydrogen) atoms. The van der Waals surface area contributed by atoms with Gasteiger partial charge in [-0.1, -0.05) is 36.8 Å². The maximum atomic E-state index is 12.7. The van der Waals surface area contributed by atoms with E-state index in [4.69, 9.17) is 4.98 Å². The molecule has 0 atom stereocenters. The third-order valence-corrected chi connectivity index (χ3v) is 6.74. The Hall–Kier alpha value is -2.47. The summed E-state index contributed by atoms with van der Waals surface area (Å²) in [6.45, 7) is 9.35. The van der Waals surface area contributed by atoms with Crippen LogP contribution >= 0.6 is 11.3 Å². The molecular formula is C23H28N4OS. The van der Waals surface area contributed by atoms with Crippen LogP contribution in [0.15, 0.2) is 30.3 Å². The Morgan fingerprint density at radius 3 is 2.48 bits per heavy atom. The lowest BCUT2D eigenvalue weighted by atomic mass is 10.1. The van der Waals surface area contributed by atoms with Crippen LogP contribution in [0.2, 0.25) is 0 Å². The number of hydrogen-bond acceptors (Lipinski definition) is 5. The van der Waals surface area contributed by atoms with Crippen molar-refractivity contribution in [3.63, 3.8) is 0 Å². The molecule has 1 aliphatic heterocycles. The summed E-state index contributed by atoms with van der Waals surface area (Å²) in [6, 6.07) is 10.7. The molecule has 5 nitrogen and oxygen atoms in total. The molecule has 3 aromatic rings. The van der Waals surface area contributed by atoms with Crippen LogP contribution in [-0.2, 0) is 17.6 Å². The normalized spacial score (nSPS) is 14.6. The Morgan fingerprint density at radius 2 is 1.79 bits per heavy atom. The number of carbonyl (C=O) groups excluding carboxylic acids is 1. The highest BCUT2D eigenvalue weighted by atomic mass is 32.1. The minimum Gasteiger partial charge on any atom is -0.352 e. The van der Waals surface area contributed by atoms with Gasteiger partial charge in [0, 0.05) is 37.5 Å². The van der Waals surface area contributed by atoms with Gasteiger partial charge in [0.2, 0.25) is 5.91 Å². The first-order valence-electron chi connectivity index (χ1n) is 10.4. The van der Waals surface area contributed by atoms with Gasteiger partial charge in [0.05, 0.1) is 5.39 Å². The van der Waals surface area contributed by atoms with E-state index in [0.29, 0.717) is 6.42 Å². The molecule has 0 N–H and O–H groups in total. The molecule has 0 aliphatic carbocycles. The van der Waals surface area contributed by atoms with Crippen LogP contribution in [0.3, 0.4) is 0 Å². The molecule has 1 aliphatic rings. The monoisotopic (exact) mass is 408 g/mol. The van der Waals surface area contributed by atoms with E-state index < -0.39 is 0 Å². The summed E-state index contributed by atoms with van der Waals surface area (Å²) in [4.78, 5) is 28.8. The van der Waals surface area contributed by atoms with Crippen molar-refractivity contribution in [2.45, 2.75) is 40.0 Å². The molecule has 1 saturated heterocycles. The number of piperazine rings is 1. The first-order chi connectivity index (χ1) is 14.0. The summed E-state index contributed by atoms with van der Waals surface area (Å²) in [5.41, 5.74) is 2.48. The Labute approximate surface area is 176 Å². The van der Waals surface area contributed by atoms with Crippen LogP contribution in [0.4, 0.5) is 5.82 Å². The van der Waals surface area contributed by atoms with Gasteiger partial charge in [0.25, 0.3) is 0 Å². The van der Waals surface area contributed by atoms with Crippen molar-refractivity contribution in [1.82, 2.24) is 14.9 Å². The molecule has 0 unspecified atom stereocenters. The molecule has 4 rings (SSSR count). The van der Waals surface area contributed by atoms with Gasteiger partial charge in [-0.05, 0) is 38.3 Å². The highest BCUT2D eigenvalue weighted by Crippen LogP contribution is 2.31. The molecule has 0 bridgehead atoms. The second kappa shape index (κ2) is 8.49. The minimum absolute atomic E-state index is 0.248. The van der Waals surface area contributed by atoms with E-state index in [0.717, 1.165) is 60.9 Å². The first-order valence-corrected chi connectivity index (χ1v) is 11.2. The number of anilines is 1. The number of carbonyl (C=O) groups is 1. The number of nitrogens with zero attached hydrogens (tertiary/aromatic N) is 4. The first kappa shape index (κ1) is 19.8. The standard InChI is InChI=1S/C23H28N4OS/c1-4-19-15-20-22(24-17(3)25-23(20)29-19)27-13-11-26(12-14-27)21(28)10-9-18-7-5-16(2)6-8-18/h5-8,15H,4,9-14H2,1-3H3. The maximum absolute atomic E-state index is 12.7. The van der Waals surface area contributed by atoms with Crippen molar-refractivity contribution in [1.29, 1.82) is 0 Å². The van der Waals surface area contributed by atoms with Gasteiger partial charge in [-0.15, -0.1) is 11.3 Å². The zero-order valence-corrected chi connectivity index (χ0v) is 18.3. The van der Waals surface area contributed by atoms with Crippen molar-refractivity contribution in [3.05, 3.63) is 52.2 Å². The van der Waals surface area contributed by atoms with E-state index in [1.54, 1.807) is 11.3 Å². The predicted molar refractivity (Wildman–Crippen MR) is 120 cm³/mol. The van der Waals surface area contributed by atoms with E-state index in [-0.39, 0.29) is 5.91 Å². The molecule has 6 heteroatoms. The topological polar surface area (TPSA) is 49.3 Å². The van der Waals surface area contributed by atoms with E-state index in [2.05, 4.69) is 54.1 Å². The fourth-order valence-electron chi connectivity index (χ4n) is 3.81. The quantitative estimate of drug-likeness (QED) is 0.636. The molecular weight excluding hydrogens is 380 g/mol. The third-order valence-electron chi connectivity index (χ3n) is 5.56. The zero-order valence-electron chi connectivity index (χ0n) is 17.4. The second-order valence-electron chi connectivity index (χ2n) is 7.73. The smallest absolute Gasteiger partial charge is 0.223 e. The number of fused-ring (bicyclic) bond motifs is 1. The summed E-state index contributed by atoms with van der Waals surface area (Å²) in [5, 5.41) is 1.15. The minimum atomic E-state index is 0.248. The molecule has 3 heterocycles.